The number of rotatable bonds is 1. The Morgan fingerprint density at radius 1 is 0.840 bits per heavy atom. The van der Waals surface area contributed by atoms with E-state index in [-0.39, 0.29) is 0 Å². The number of fused-ring (bicyclic) bond motifs is 7. The van der Waals surface area contributed by atoms with Crippen molar-refractivity contribution in [2.24, 2.45) is 52.8 Å². The molecule has 5 aliphatic carbocycles. The van der Waals surface area contributed by atoms with Gasteiger partial charge in [0, 0.05) is 0 Å². The summed E-state index contributed by atoms with van der Waals surface area (Å²) in [6.07, 6.45) is 19.3. The van der Waals surface area contributed by atoms with Crippen LogP contribution < -0.4 is 0 Å². The van der Waals surface area contributed by atoms with E-state index in [4.69, 9.17) is 0 Å². The van der Waals surface area contributed by atoms with Gasteiger partial charge in [-0.15, -0.1) is 0 Å². The van der Waals surface area contributed by atoms with Gasteiger partial charge in [0.1, 0.15) is 0 Å². The molecule has 0 nitrogen and oxygen atoms in total. The number of hydrogen-bond acceptors (Lipinski definition) is 0. The lowest BCUT2D eigenvalue weighted by Gasteiger charge is -2.60. The Morgan fingerprint density at radius 3 is 2.40 bits per heavy atom. The van der Waals surface area contributed by atoms with Crippen LogP contribution in [0.4, 0.5) is 0 Å². The Morgan fingerprint density at radius 2 is 1.56 bits per heavy atom. The summed E-state index contributed by atoms with van der Waals surface area (Å²) in [5.74, 6) is 8.25. The minimum absolute atomic E-state index is 0.594. The summed E-state index contributed by atoms with van der Waals surface area (Å²) in [7, 11) is 0. The predicted octanol–water partition coefficient (Wildman–Crippen LogP) is 7.06. The summed E-state index contributed by atoms with van der Waals surface area (Å²) in [5, 5.41) is 0. The summed E-state index contributed by atoms with van der Waals surface area (Å²) in [6, 6.07) is 0. The Hall–Kier alpha value is -0.260. The van der Waals surface area contributed by atoms with Crippen molar-refractivity contribution in [3.63, 3.8) is 0 Å². The maximum absolute atomic E-state index is 4.44. The highest BCUT2D eigenvalue weighted by molar-refractivity contribution is 5.15. The van der Waals surface area contributed by atoms with Gasteiger partial charge in [-0.3, -0.25) is 0 Å². The third kappa shape index (κ3) is 2.37. The molecule has 0 aromatic carbocycles. The second-order valence-corrected chi connectivity index (χ2v) is 10.9. The van der Waals surface area contributed by atoms with Crippen molar-refractivity contribution < 1.29 is 0 Å². The fraction of sp³-hybridized carbons (Fsp3) is 0.880. The third-order valence-corrected chi connectivity index (χ3v) is 10.3. The topological polar surface area (TPSA) is 0 Å². The lowest BCUT2D eigenvalue weighted by atomic mass is 9.45. The third-order valence-electron chi connectivity index (χ3n) is 10.3. The maximum atomic E-state index is 4.44. The second kappa shape index (κ2) is 6.13. The molecule has 1 radical (unpaired) electrons. The van der Waals surface area contributed by atoms with Crippen LogP contribution in [0.5, 0.6) is 0 Å². The molecule has 9 unspecified atom stereocenters. The molecule has 0 aromatic rings. The molecule has 0 amide bonds. The van der Waals surface area contributed by atoms with Crippen molar-refractivity contribution in [1.29, 1.82) is 0 Å². The van der Waals surface area contributed by atoms with Gasteiger partial charge in [0.15, 0.2) is 0 Å². The van der Waals surface area contributed by atoms with E-state index in [1.54, 1.807) is 32.1 Å². The van der Waals surface area contributed by atoms with Crippen LogP contribution in [0.3, 0.4) is 0 Å². The van der Waals surface area contributed by atoms with Crippen LogP contribution in [0.2, 0.25) is 0 Å². The van der Waals surface area contributed by atoms with Crippen LogP contribution in [0.1, 0.15) is 84.5 Å². The van der Waals surface area contributed by atoms with Crippen LogP contribution in [-0.4, -0.2) is 0 Å². The first-order chi connectivity index (χ1) is 12.1. The summed E-state index contributed by atoms with van der Waals surface area (Å²) >= 11 is 0. The van der Waals surface area contributed by atoms with E-state index in [1.165, 1.54) is 44.1 Å². The van der Waals surface area contributed by atoms with Crippen molar-refractivity contribution in [2.75, 3.05) is 0 Å². The smallest absolute Gasteiger partial charge is 0.0149 e. The Kier molecular flexibility index (Phi) is 4.14. The van der Waals surface area contributed by atoms with E-state index in [2.05, 4.69) is 26.8 Å². The minimum atomic E-state index is 0.594. The van der Waals surface area contributed by atoms with Crippen LogP contribution in [0, 0.1) is 59.2 Å². The first-order valence-corrected chi connectivity index (χ1v) is 11.6. The largest absolute Gasteiger partial charge is 0.0998 e. The van der Waals surface area contributed by atoms with E-state index < -0.39 is 0 Å². The zero-order chi connectivity index (χ0) is 17.2. The van der Waals surface area contributed by atoms with E-state index in [0.717, 1.165) is 47.3 Å². The monoisotopic (exact) mass is 339 g/mol. The molecule has 5 aliphatic rings. The maximum Gasteiger partial charge on any atom is -0.0149 e. The van der Waals surface area contributed by atoms with Gasteiger partial charge in [-0.2, -0.15) is 0 Å². The summed E-state index contributed by atoms with van der Waals surface area (Å²) in [5.41, 5.74) is 2.09. The molecule has 5 rings (SSSR count). The fourth-order valence-corrected chi connectivity index (χ4v) is 9.38. The summed E-state index contributed by atoms with van der Waals surface area (Å²) in [6.45, 7) is 9.48. The van der Waals surface area contributed by atoms with Gasteiger partial charge in [0.05, 0.1) is 0 Å². The molecule has 0 N–H and O–H groups in total. The normalized spacial score (nSPS) is 54.8. The van der Waals surface area contributed by atoms with Gasteiger partial charge in [-0.1, -0.05) is 19.1 Å². The molecule has 0 heteroatoms. The molecular weight excluding hydrogens is 300 g/mol. The molecule has 0 spiro atoms. The lowest BCUT2D eigenvalue weighted by molar-refractivity contribution is -0.105. The zero-order valence-electron chi connectivity index (χ0n) is 16.7. The van der Waals surface area contributed by atoms with E-state index >= 15 is 0 Å². The molecule has 5 saturated carbocycles. The van der Waals surface area contributed by atoms with Crippen LogP contribution >= 0.6 is 0 Å². The summed E-state index contributed by atoms with van der Waals surface area (Å²) in [4.78, 5) is 0. The van der Waals surface area contributed by atoms with Crippen LogP contribution in [0.25, 0.3) is 0 Å². The summed E-state index contributed by atoms with van der Waals surface area (Å²) < 4.78 is 0. The van der Waals surface area contributed by atoms with E-state index in [0.29, 0.717) is 5.41 Å². The molecule has 0 aliphatic heterocycles. The number of allylic oxidation sites excluding steroid dienone is 1. The standard InChI is InChI=1S/C25H39/c1-16(2)23-14-10-18-9-12-22-21-11-8-17-6-4-5-7-19(17)20(21)13-15-24(22)25(18,23)3/h4,17-24H,1,5-15H2,2-3H3. The number of hydrogen-bond donors (Lipinski definition) is 0. The van der Waals surface area contributed by atoms with Crippen molar-refractivity contribution >= 4 is 0 Å². The first kappa shape index (κ1) is 16.9. The average Bonchev–Trinajstić information content (AvgIpc) is 2.98. The van der Waals surface area contributed by atoms with Gasteiger partial charge in [-0.25, -0.2) is 0 Å². The fourth-order valence-electron chi connectivity index (χ4n) is 9.38. The minimum Gasteiger partial charge on any atom is -0.0998 e. The highest BCUT2D eigenvalue weighted by Crippen LogP contribution is 2.67. The molecular formula is C25H39. The molecule has 25 heavy (non-hydrogen) atoms. The SMILES string of the molecule is C=C(C)C1CCC2CCC3C4CCC5C[CH]CCC5C4CCC3C21C. The molecule has 5 fully saturated rings. The Labute approximate surface area is 156 Å². The Bertz CT molecular complexity index is 532. The van der Waals surface area contributed by atoms with Crippen molar-refractivity contribution in [2.45, 2.75) is 84.5 Å². The second-order valence-electron chi connectivity index (χ2n) is 10.9. The van der Waals surface area contributed by atoms with Crippen molar-refractivity contribution in [3.8, 4) is 0 Å². The molecule has 139 valence electrons. The predicted molar refractivity (Wildman–Crippen MR) is 106 cm³/mol. The van der Waals surface area contributed by atoms with Gasteiger partial charge in [-0.05, 0) is 137 Å². The van der Waals surface area contributed by atoms with Gasteiger partial charge >= 0.3 is 0 Å². The first-order valence-electron chi connectivity index (χ1n) is 11.6. The average molecular weight is 340 g/mol. The van der Waals surface area contributed by atoms with Gasteiger partial charge < -0.3 is 0 Å². The van der Waals surface area contributed by atoms with Crippen LogP contribution in [0.15, 0.2) is 12.2 Å². The zero-order valence-corrected chi connectivity index (χ0v) is 16.7. The highest BCUT2D eigenvalue weighted by Gasteiger charge is 2.59. The molecule has 9 atom stereocenters. The molecule has 0 saturated heterocycles. The van der Waals surface area contributed by atoms with Crippen molar-refractivity contribution in [3.05, 3.63) is 18.6 Å². The highest BCUT2D eigenvalue weighted by atomic mass is 14.6. The van der Waals surface area contributed by atoms with Gasteiger partial charge in [0.2, 0.25) is 0 Å². The van der Waals surface area contributed by atoms with Crippen LogP contribution in [-0.2, 0) is 0 Å². The lowest BCUT2D eigenvalue weighted by Crippen LogP contribution is -2.53. The quantitative estimate of drug-likeness (QED) is 0.448. The molecule has 0 bridgehead atoms. The molecule has 0 heterocycles. The van der Waals surface area contributed by atoms with E-state index in [9.17, 15) is 0 Å². The van der Waals surface area contributed by atoms with Gasteiger partial charge in [0.25, 0.3) is 0 Å². The molecule has 0 aromatic heterocycles. The van der Waals surface area contributed by atoms with E-state index in [1.807, 2.05) is 0 Å². The van der Waals surface area contributed by atoms with Crippen molar-refractivity contribution in [1.82, 2.24) is 0 Å². The Balaban J connectivity index is 1.43.